The largest absolute Gasteiger partial charge is 0.464 e. The van der Waals surface area contributed by atoms with Crippen molar-refractivity contribution < 1.29 is 18.8 Å². The maximum Gasteiger partial charge on any atom is 0.356 e. The molecule has 2 aromatic rings. The zero-order valence-electron chi connectivity index (χ0n) is 17.8. The van der Waals surface area contributed by atoms with Crippen LogP contribution in [0.4, 0.5) is 0 Å². The number of methoxy groups -OCH3 is 1. The van der Waals surface area contributed by atoms with Crippen LogP contribution in [-0.2, 0) is 15.8 Å². The minimum atomic E-state index is -2.06. The van der Waals surface area contributed by atoms with E-state index in [0.717, 1.165) is 5.56 Å². The topological polar surface area (TPSA) is 65.5 Å². The molecule has 0 saturated carbocycles. The first-order valence-corrected chi connectivity index (χ1v) is 12.2. The number of hydrogen-bond donors (Lipinski definition) is 0. The summed E-state index contributed by atoms with van der Waals surface area (Å²) in [6.07, 6.45) is 0. The number of carbonyl (C=O) groups excluding carboxylic acids is 2. The van der Waals surface area contributed by atoms with Crippen molar-refractivity contribution in [3.8, 4) is 11.1 Å². The van der Waals surface area contributed by atoms with E-state index in [1.807, 2.05) is 30.3 Å². The number of Topliss-reactive ketones (excluding diaryl/α,β-unsaturated/α-hetero) is 1. The van der Waals surface area contributed by atoms with Gasteiger partial charge in [0, 0.05) is 5.56 Å². The van der Waals surface area contributed by atoms with Crippen molar-refractivity contribution in [3.63, 3.8) is 0 Å². The maximum atomic E-state index is 12.5. The van der Waals surface area contributed by atoms with Gasteiger partial charge in [0.25, 0.3) is 0 Å². The highest BCUT2D eigenvalue weighted by molar-refractivity contribution is 6.74. The molecular weight excluding hydrogens is 370 g/mol. The van der Waals surface area contributed by atoms with Gasteiger partial charge in [0.1, 0.15) is 5.69 Å². The molecule has 0 saturated heterocycles. The molecule has 1 aromatic heterocycles. The first kappa shape index (κ1) is 22.0. The molecule has 0 radical (unpaired) electrons. The molecule has 0 fully saturated rings. The predicted molar refractivity (Wildman–Crippen MR) is 113 cm³/mol. The predicted octanol–water partition coefficient (Wildman–Crippen LogP) is 5.26. The second kappa shape index (κ2) is 8.37. The third-order valence-corrected chi connectivity index (χ3v) is 9.78. The maximum absolute atomic E-state index is 12.5. The highest BCUT2D eigenvalue weighted by atomic mass is 28.4. The monoisotopic (exact) mass is 399 g/mol. The molecule has 5 nitrogen and oxygen atoms in total. The molecule has 6 heteroatoms. The molecule has 0 atom stereocenters. The molecule has 0 N–H and O–H groups in total. The quantitative estimate of drug-likeness (QED) is 0.377. The summed E-state index contributed by atoms with van der Waals surface area (Å²) in [6.45, 7) is 12.4. The van der Waals surface area contributed by atoms with Crippen molar-refractivity contribution in [1.82, 2.24) is 4.98 Å². The highest BCUT2D eigenvalue weighted by Gasteiger charge is 2.37. The van der Waals surface area contributed by atoms with Gasteiger partial charge in [0.15, 0.2) is 14.1 Å². The number of benzene rings is 1. The van der Waals surface area contributed by atoms with E-state index in [1.165, 1.54) is 14.0 Å². The molecule has 0 spiro atoms. The Bertz CT molecular complexity index is 870. The van der Waals surface area contributed by atoms with Gasteiger partial charge in [0.2, 0.25) is 0 Å². The van der Waals surface area contributed by atoms with Crippen LogP contribution in [0.2, 0.25) is 18.1 Å². The van der Waals surface area contributed by atoms with E-state index in [0.29, 0.717) is 16.8 Å². The van der Waals surface area contributed by atoms with Gasteiger partial charge in [-0.15, -0.1) is 0 Å². The number of nitrogens with zero attached hydrogens (tertiary/aromatic N) is 1. The summed E-state index contributed by atoms with van der Waals surface area (Å²) in [5.41, 5.74) is 2.63. The summed E-state index contributed by atoms with van der Waals surface area (Å²) in [5, 5.41) is 0.0195. The van der Waals surface area contributed by atoms with Gasteiger partial charge in [-0.3, -0.25) is 4.79 Å². The normalized spacial score (nSPS) is 12.0. The van der Waals surface area contributed by atoms with E-state index in [4.69, 9.17) is 9.16 Å². The van der Waals surface area contributed by atoms with Crippen molar-refractivity contribution in [2.75, 3.05) is 7.11 Å². The van der Waals surface area contributed by atoms with Crippen LogP contribution in [-0.4, -0.2) is 32.2 Å². The smallest absolute Gasteiger partial charge is 0.356 e. The molecule has 1 heterocycles. The fraction of sp³-hybridized carbons (Fsp3) is 0.409. The van der Waals surface area contributed by atoms with Crippen LogP contribution in [0, 0.1) is 0 Å². The Morgan fingerprint density at radius 1 is 1.11 bits per heavy atom. The zero-order valence-corrected chi connectivity index (χ0v) is 18.8. The molecule has 0 amide bonds. The molecular formula is C22H29NO4Si. The van der Waals surface area contributed by atoms with E-state index in [1.54, 1.807) is 6.07 Å². The molecule has 0 aliphatic carbocycles. The Morgan fingerprint density at radius 2 is 1.71 bits per heavy atom. The lowest BCUT2D eigenvalue weighted by atomic mass is 9.95. The van der Waals surface area contributed by atoms with Crippen LogP contribution in [0.5, 0.6) is 0 Å². The minimum Gasteiger partial charge on any atom is -0.464 e. The van der Waals surface area contributed by atoms with Gasteiger partial charge in [-0.25, -0.2) is 9.78 Å². The van der Waals surface area contributed by atoms with Gasteiger partial charge in [-0.05, 0) is 42.2 Å². The fourth-order valence-corrected chi connectivity index (χ4v) is 3.55. The minimum absolute atomic E-state index is 0.0195. The van der Waals surface area contributed by atoms with E-state index < -0.39 is 14.3 Å². The Kier molecular flexibility index (Phi) is 6.57. The number of aromatic nitrogens is 1. The van der Waals surface area contributed by atoms with Crippen LogP contribution < -0.4 is 0 Å². The molecule has 28 heavy (non-hydrogen) atoms. The summed E-state index contributed by atoms with van der Waals surface area (Å²) in [5.74, 6) is -0.655. The molecule has 0 aliphatic heterocycles. The Hall–Kier alpha value is -2.31. The summed E-state index contributed by atoms with van der Waals surface area (Å²) in [4.78, 5) is 29.2. The molecule has 0 unspecified atom stereocenters. The molecule has 2 rings (SSSR count). The SMILES string of the molecule is COC(=O)c1cc(-c2ccccc2)c(C(C)=O)c(CO[Si](C)(C)C(C)(C)C)n1. The van der Waals surface area contributed by atoms with Gasteiger partial charge in [-0.2, -0.15) is 0 Å². The lowest BCUT2D eigenvalue weighted by molar-refractivity contribution is 0.0593. The summed E-state index contributed by atoms with van der Waals surface area (Å²) in [6, 6.07) is 11.1. The van der Waals surface area contributed by atoms with Gasteiger partial charge < -0.3 is 9.16 Å². The number of pyridine rings is 1. The molecule has 0 bridgehead atoms. The molecule has 150 valence electrons. The van der Waals surface area contributed by atoms with E-state index in [9.17, 15) is 9.59 Å². The van der Waals surface area contributed by atoms with Crippen molar-refractivity contribution >= 4 is 20.1 Å². The van der Waals surface area contributed by atoms with Crippen LogP contribution in [0.25, 0.3) is 11.1 Å². The number of ether oxygens (including phenoxy) is 1. The number of carbonyl (C=O) groups is 2. The highest BCUT2D eigenvalue weighted by Crippen LogP contribution is 2.37. The van der Waals surface area contributed by atoms with Crippen molar-refractivity contribution in [3.05, 3.63) is 53.3 Å². The van der Waals surface area contributed by atoms with Gasteiger partial charge in [0.05, 0.1) is 19.4 Å². The van der Waals surface area contributed by atoms with E-state index in [-0.39, 0.29) is 23.1 Å². The molecule has 1 aromatic carbocycles. The van der Waals surface area contributed by atoms with Crippen molar-refractivity contribution in [2.24, 2.45) is 0 Å². The Labute approximate surface area is 168 Å². The first-order valence-electron chi connectivity index (χ1n) is 9.30. The van der Waals surface area contributed by atoms with Gasteiger partial charge >= 0.3 is 5.97 Å². The average Bonchev–Trinajstić information content (AvgIpc) is 2.64. The van der Waals surface area contributed by atoms with Crippen LogP contribution in [0.15, 0.2) is 36.4 Å². The lowest BCUT2D eigenvalue weighted by Gasteiger charge is -2.36. The third kappa shape index (κ3) is 4.75. The standard InChI is InChI=1S/C22H29NO4Si/c1-15(24)20-17(16-11-9-8-10-12-16)13-18(21(25)26-5)23-19(20)14-27-28(6,7)22(2,3)4/h8-13H,14H2,1-7H3. The third-order valence-electron chi connectivity index (χ3n) is 5.30. The fourth-order valence-electron chi connectivity index (χ4n) is 2.62. The second-order valence-corrected chi connectivity index (χ2v) is 13.1. The lowest BCUT2D eigenvalue weighted by Crippen LogP contribution is -2.40. The van der Waals surface area contributed by atoms with Crippen molar-refractivity contribution in [2.45, 2.75) is 52.4 Å². The zero-order chi connectivity index (χ0) is 21.1. The average molecular weight is 400 g/mol. The summed E-state index contributed by atoms with van der Waals surface area (Å²) >= 11 is 0. The van der Waals surface area contributed by atoms with Crippen LogP contribution in [0.3, 0.4) is 0 Å². The van der Waals surface area contributed by atoms with Crippen LogP contribution >= 0.6 is 0 Å². The Morgan fingerprint density at radius 3 is 2.21 bits per heavy atom. The summed E-state index contributed by atoms with van der Waals surface area (Å²) < 4.78 is 11.2. The summed E-state index contributed by atoms with van der Waals surface area (Å²) in [7, 11) is -0.746. The van der Waals surface area contributed by atoms with Crippen molar-refractivity contribution in [1.29, 1.82) is 0 Å². The number of esters is 1. The van der Waals surface area contributed by atoms with E-state index >= 15 is 0 Å². The second-order valence-electron chi connectivity index (χ2n) is 8.34. The Balaban J connectivity index is 2.62. The number of ketones is 1. The van der Waals surface area contributed by atoms with Gasteiger partial charge in [-0.1, -0.05) is 51.1 Å². The first-order chi connectivity index (χ1) is 13.0. The molecule has 0 aliphatic rings. The number of hydrogen-bond acceptors (Lipinski definition) is 5. The van der Waals surface area contributed by atoms with E-state index in [2.05, 4.69) is 38.8 Å². The van der Waals surface area contributed by atoms with Crippen LogP contribution in [0.1, 0.15) is 54.2 Å². The number of rotatable bonds is 6.